The van der Waals surface area contributed by atoms with Gasteiger partial charge in [0, 0.05) is 16.5 Å². The third-order valence-corrected chi connectivity index (χ3v) is 4.63. The van der Waals surface area contributed by atoms with Crippen molar-refractivity contribution >= 4 is 33.2 Å². The predicted octanol–water partition coefficient (Wildman–Crippen LogP) is 4.49. The minimum atomic E-state index is -0.185. The maximum absolute atomic E-state index is 10.1. The number of benzene rings is 3. The van der Waals surface area contributed by atoms with Crippen LogP contribution in [0.2, 0.25) is 0 Å². The lowest BCUT2D eigenvalue weighted by Gasteiger charge is -2.26. The molecule has 1 N–H and O–H groups in total. The van der Waals surface area contributed by atoms with Crippen molar-refractivity contribution in [2.45, 2.75) is 0 Å². The quantitative estimate of drug-likeness (QED) is 0.420. The normalized spacial score (nSPS) is 10.9. The van der Waals surface area contributed by atoms with Crippen molar-refractivity contribution in [1.82, 2.24) is 4.98 Å². The number of ether oxygens (including phenoxy) is 2. The van der Waals surface area contributed by atoms with E-state index in [1.54, 1.807) is 14.2 Å². The number of hydrogen-bond acceptors (Lipinski definition) is 5. The number of aliphatic hydroxyl groups excluding tert-OH is 1. The molecular formula is C22H20N2O3. The molecule has 3 aromatic carbocycles. The van der Waals surface area contributed by atoms with E-state index < -0.39 is 0 Å². The monoisotopic (exact) mass is 360 g/mol. The highest BCUT2D eigenvalue weighted by Gasteiger charge is 2.18. The number of fused-ring (bicyclic) bond motifs is 2. The topological polar surface area (TPSA) is 54.8 Å². The van der Waals surface area contributed by atoms with Crippen molar-refractivity contribution in [1.29, 1.82) is 0 Å². The van der Waals surface area contributed by atoms with Crippen LogP contribution in [0.1, 0.15) is 0 Å². The number of para-hydroxylation sites is 1. The van der Waals surface area contributed by atoms with Crippen LogP contribution in [0.5, 0.6) is 11.5 Å². The molecule has 0 saturated carbocycles. The summed E-state index contributed by atoms with van der Waals surface area (Å²) in [6, 6.07) is 21.4. The Morgan fingerprint density at radius 1 is 0.889 bits per heavy atom. The lowest BCUT2D eigenvalue weighted by Crippen LogP contribution is -2.19. The van der Waals surface area contributed by atoms with Gasteiger partial charge in [-0.1, -0.05) is 18.2 Å². The molecule has 0 aliphatic carbocycles. The summed E-state index contributed by atoms with van der Waals surface area (Å²) in [5, 5.41) is 12.0. The molecule has 0 radical (unpaired) electrons. The van der Waals surface area contributed by atoms with Gasteiger partial charge in [0.2, 0.25) is 0 Å². The summed E-state index contributed by atoms with van der Waals surface area (Å²) in [5.41, 5.74) is 3.37. The minimum absolute atomic E-state index is 0.185. The minimum Gasteiger partial charge on any atom is -0.497 e. The van der Waals surface area contributed by atoms with Crippen LogP contribution >= 0.6 is 0 Å². The van der Waals surface area contributed by atoms with Gasteiger partial charge in [-0.25, -0.2) is 4.98 Å². The Balaban J connectivity index is 2.02. The zero-order valence-electron chi connectivity index (χ0n) is 15.2. The SMILES string of the molecule is COc1ccc2nc3ccc(OC)c(N(CO)c4ccccc4)c3cc2c1. The number of anilines is 2. The van der Waals surface area contributed by atoms with Gasteiger partial charge in [-0.05, 0) is 48.5 Å². The first-order valence-corrected chi connectivity index (χ1v) is 8.64. The second-order valence-electron chi connectivity index (χ2n) is 6.14. The molecule has 0 aliphatic heterocycles. The molecule has 0 amide bonds. The molecule has 4 aromatic rings. The van der Waals surface area contributed by atoms with E-state index in [0.29, 0.717) is 5.75 Å². The fourth-order valence-electron chi connectivity index (χ4n) is 3.31. The van der Waals surface area contributed by atoms with Crippen molar-refractivity contribution in [2.24, 2.45) is 0 Å². The largest absolute Gasteiger partial charge is 0.497 e. The summed E-state index contributed by atoms with van der Waals surface area (Å²) < 4.78 is 11.0. The number of pyridine rings is 1. The lowest BCUT2D eigenvalue weighted by atomic mass is 10.1. The van der Waals surface area contributed by atoms with E-state index in [1.165, 1.54) is 0 Å². The van der Waals surface area contributed by atoms with Gasteiger partial charge in [0.25, 0.3) is 0 Å². The van der Waals surface area contributed by atoms with E-state index in [4.69, 9.17) is 14.5 Å². The van der Waals surface area contributed by atoms with Crippen molar-refractivity contribution in [2.75, 3.05) is 25.9 Å². The second-order valence-corrected chi connectivity index (χ2v) is 6.14. The van der Waals surface area contributed by atoms with Crippen LogP contribution in [0.15, 0.2) is 66.7 Å². The van der Waals surface area contributed by atoms with Crippen molar-refractivity contribution in [3.05, 3.63) is 66.7 Å². The molecule has 1 aromatic heterocycles. The molecule has 0 unspecified atom stereocenters. The molecule has 0 bridgehead atoms. The summed E-state index contributed by atoms with van der Waals surface area (Å²) >= 11 is 0. The van der Waals surface area contributed by atoms with Crippen LogP contribution in [-0.2, 0) is 0 Å². The number of aromatic nitrogens is 1. The van der Waals surface area contributed by atoms with Gasteiger partial charge in [-0.15, -0.1) is 0 Å². The number of methoxy groups -OCH3 is 2. The molecule has 0 aliphatic rings. The first-order chi connectivity index (χ1) is 13.2. The molecule has 1 heterocycles. The van der Waals surface area contributed by atoms with E-state index in [2.05, 4.69) is 6.07 Å². The van der Waals surface area contributed by atoms with Crippen LogP contribution in [0.4, 0.5) is 11.4 Å². The summed E-state index contributed by atoms with van der Waals surface area (Å²) in [5.74, 6) is 1.44. The van der Waals surface area contributed by atoms with Gasteiger partial charge >= 0.3 is 0 Å². The highest BCUT2D eigenvalue weighted by atomic mass is 16.5. The molecule has 4 rings (SSSR count). The van der Waals surface area contributed by atoms with Crippen molar-refractivity contribution in [3.8, 4) is 11.5 Å². The van der Waals surface area contributed by atoms with Crippen LogP contribution < -0.4 is 14.4 Å². The van der Waals surface area contributed by atoms with Crippen LogP contribution in [0.3, 0.4) is 0 Å². The molecular weight excluding hydrogens is 340 g/mol. The van der Waals surface area contributed by atoms with Gasteiger partial charge in [0.1, 0.15) is 18.2 Å². The first-order valence-electron chi connectivity index (χ1n) is 8.64. The average Bonchev–Trinajstić information content (AvgIpc) is 2.73. The average molecular weight is 360 g/mol. The maximum atomic E-state index is 10.1. The molecule has 0 saturated heterocycles. The lowest BCUT2D eigenvalue weighted by molar-refractivity contribution is 0.303. The smallest absolute Gasteiger partial charge is 0.143 e. The van der Waals surface area contributed by atoms with E-state index in [1.807, 2.05) is 65.6 Å². The number of aliphatic hydroxyl groups is 1. The Labute approximate surface area is 157 Å². The second kappa shape index (κ2) is 7.13. The van der Waals surface area contributed by atoms with Gasteiger partial charge in [-0.2, -0.15) is 0 Å². The molecule has 0 fully saturated rings. The number of nitrogens with zero attached hydrogens (tertiary/aromatic N) is 2. The highest BCUT2D eigenvalue weighted by Crippen LogP contribution is 2.40. The van der Waals surface area contributed by atoms with E-state index in [9.17, 15) is 5.11 Å². The zero-order chi connectivity index (χ0) is 18.8. The number of rotatable bonds is 5. The molecule has 5 nitrogen and oxygen atoms in total. The Morgan fingerprint density at radius 2 is 1.67 bits per heavy atom. The van der Waals surface area contributed by atoms with Crippen LogP contribution in [0, 0.1) is 0 Å². The third kappa shape index (κ3) is 3.02. The predicted molar refractivity (Wildman–Crippen MR) is 108 cm³/mol. The molecule has 27 heavy (non-hydrogen) atoms. The van der Waals surface area contributed by atoms with E-state index in [0.717, 1.165) is 38.9 Å². The van der Waals surface area contributed by atoms with Gasteiger partial charge in [0.05, 0.1) is 30.9 Å². The molecule has 5 heteroatoms. The summed E-state index contributed by atoms with van der Waals surface area (Å²) in [4.78, 5) is 6.59. The fourth-order valence-corrected chi connectivity index (χ4v) is 3.31. The Kier molecular flexibility index (Phi) is 4.52. The zero-order valence-corrected chi connectivity index (χ0v) is 15.2. The third-order valence-electron chi connectivity index (χ3n) is 4.63. The van der Waals surface area contributed by atoms with Crippen LogP contribution in [0.25, 0.3) is 21.8 Å². The summed E-state index contributed by atoms with van der Waals surface area (Å²) in [6.45, 7) is -0.185. The molecule has 0 spiro atoms. The van der Waals surface area contributed by atoms with Crippen LogP contribution in [-0.4, -0.2) is 31.0 Å². The van der Waals surface area contributed by atoms with E-state index in [-0.39, 0.29) is 6.73 Å². The number of hydrogen-bond donors (Lipinski definition) is 1. The Bertz CT molecular complexity index is 1100. The Hall–Kier alpha value is -3.31. The molecule has 0 atom stereocenters. The van der Waals surface area contributed by atoms with Gasteiger partial charge < -0.3 is 19.5 Å². The standard InChI is InChI=1S/C22H20N2O3/c1-26-17-8-9-19-15(12-17)13-18-20(23-19)10-11-21(27-2)22(18)24(14-25)16-6-4-3-5-7-16/h3-13,25H,14H2,1-2H3. The van der Waals surface area contributed by atoms with E-state index >= 15 is 0 Å². The van der Waals surface area contributed by atoms with Crippen molar-refractivity contribution < 1.29 is 14.6 Å². The van der Waals surface area contributed by atoms with Gasteiger partial charge in [0.15, 0.2) is 0 Å². The maximum Gasteiger partial charge on any atom is 0.143 e. The Morgan fingerprint density at radius 3 is 2.37 bits per heavy atom. The van der Waals surface area contributed by atoms with Gasteiger partial charge in [-0.3, -0.25) is 0 Å². The van der Waals surface area contributed by atoms with Crippen molar-refractivity contribution in [3.63, 3.8) is 0 Å². The summed E-state index contributed by atoms with van der Waals surface area (Å²) in [7, 11) is 3.27. The fraction of sp³-hybridized carbons (Fsp3) is 0.136. The summed E-state index contributed by atoms with van der Waals surface area (Å²) in [6.07, 6.45) is 0. The first kappa shape index (κ1) is 17.1. The molecule has 136 valence electrons. The highest BCUT2D eigenvalue weighted by molar-refractivity contribution is 6.03.